The first kappa shape index (κ1) is 16.6. The van der Waals surface area contributed by atoms with Gasteiger partial charge < -0.3 is 11.1 Å². The Hall–Kier alpha value is -2.23. The number of H-pyrrole nitrogens is 1. The van der Waals surface area contributed by atoms with Crippen LogP contribution >= 0.6 is 35.0 Å². The summed E-state index contributed by atoms with van der Waals surface area (Å²) >= 11 is 13.1. The van der Waals surface area contributed by atoms with E-state index in [0.29, 0.717) is 20.9 Å². The van der Waals surface area contributed by atoms with Crippen molar-refractivity contribution in [3.8, 4) is 0 Å². The van der Waals surface area contributed by atoms with Gasteiger partial charge in [-0.25, -0.2) is 4.40 Å². The van der Waals surface area contributed by atoms with Gasteiger partial charge in [0.1, 0.15) is 5.82 Å². The fourth-order valence-corrected chi connectivity index (χ4v) is 3.19. The Labute approximate surface area is 149 Å². The molecule has 3 aromatic rings. The first-order valence-corrected chi connectivity index (χ1v) is 8.30. The summed E-state index contributed by atoms with van der Waals surface area (Å²) in [6.07, 6.45) is 0. The number of nitrogens with zero attached hydrogens (tertiary/aromatic N) is 3. The molecule has 0 aliphatic carbocycles. The topological polar surface area (TPSA) is 118 Å². The number of hydrogen-bond acceptors (Lipinski definition) is 6. The highest BCUT2D eigenvalue weighted by Crippen LogP contribution is 2.30. The van der Waals surface area contributed by atoms with Crippen LogP contribution in [0.5, 0.6) is 0 Å². The highest BCUT2D eigenvalue weighted by Gasteiger charge is 2.14. The van der Waals surface area contributed by atoms with E-state index in [9.17, 15) is 9.59 Å². The summed E-state index contributed by atoms with van der Waals surface area (Å²) < 4.78 is 1.45. The van der Waals surface area contributed by atoms with Crippen LogP contribution in [-0.4, -0.2) is 31.2 Å². The van der Waals surface area contributed by atoms with Crippen molar-refractivity contribution in [2.75, 3.05) is 16.8 Å². The van der Waals surface area contributed by atoms with Crippen molar-refractivity contribution < 1.29 is 4.79 Å². The average Bonchev–Trinajstić information content (AvgIpc) is 2.92. The summed E-state index contributed by atoms with van der Waals surface area (Å²) in [7, 11) is 0. The fourth-order valence-electron chi connectivity index (χ4n) is 1.95. The molecule has 0 saturated heterocycles. The van der Waals surface area contributed by atoms with Gasteiger partial charge in [0.25, 0.3) is 5.56 Å². The predicted molar refractivity (Wildman–Crippen MR) is 93.8 cm³/mol. The lowest BCUT2D eigenvalue weighted by molar-refractivity contribution is -0.113. The van der Waals surface area contributed by atoms with Gasteiger partial charge in [0.15, 0.2) is 5.16 Å². The summed E-state index contributed by atoms with van der Waals surface area (Å²) in [6.45, 7) is 0. The second kappa shape index (κ2) is 6.71. The molecule has 4 N–H and O–H groups in total. The minimum atomic E-state index is -0.380. The van der Waals surface area contributed by atoms with Crippen LogP contribution in [0.2, 0.25) is 10.0 Å². The molecule has 1 amide bonds. The van der Waals surface area contributed by atoms with Crippen LogP contribution in [0.4, 0.5) is 11.5 Å². The lowest BCUT2D eigenvalue weighted by Gasteiger charge is -2.08. The average molecular weight is 385 g/mol. The summed E-state index contributed by atoms with van der Waals surface area (Å²) in [4.78, 5) is 25.9. The van der Waals surface area contributed by atoms with Gasteiger partial charge in [-0.2, -0.15) is 0 Å². The Bertz CT molecular complexity index is 966. The molecule has 11 heteroatoms. The van der Waals surface area contributed by atoms with Gasteiger partial charge in [0.2, 0.25) is 11.7 Å². The Morgan fingerprint density at radius 1 is 1.33 bits per heavy atom. The maximum Gasteiger partial charge on any atom is 0.254 e. The number of nitrogens with two attached hydrogens (primary N) is 1. The number of anilines is 2. The minimum absolute atomic E-state index is 0.0287. The van der Waals surface area contributed by atoms with E-state index in [1.165, 1.54) is 10.5 Å². The molecule has 0 aliphatic heterocycles. The number of fused-ring (bicyclic) bond motifs is 1. The van der Waals surface area contributed by atoms with Crippen molar-refractivity contribution in [1.29, 1.82) is 0 Å². The number of nitrogen functional groups attached to an aromatic ring is 1. The number of halogens is 2. The molecule has 2 heterocycles. The van der Waals surface area contributed by atoms with Gasteiger partial charge >= 0.3 is 0 Å². The van der Waals surface area contributed by atoms with Crippen LogP contribution in [0.1, 0.15) is 0 Å². The highest BCUT2D eigenvalue weighted by atomic mass is 35.5. The van der Waals surface area contributed by atoms with Gasteiger partial charge in [-0.1, -0.05) is 41.0 Å². The molecule has 0 fully saturated rings. The maximum atomic E-state index is 12.1. The zero-order chi connectivity index (χ0) is 17.3. The molecule has 2 aromatic heterocycles. The highest BCUT2D eigenvalue weighted by molar-refractivity contribution is 7.99. The SMILES string of the molecule is Nc1cc(=O)[nH]c2nnc(SCC(=O)Nc3c(Cl)cccc3Cl)n12. The number of benzene rings is 1. The summed E-state index contributed by atoms with van der Waals surface area (Å²) in [5, 5.41) is 11.4. The van der Waals surface area contributed by atoms with Gasteiger partial charge in [0, 0.05) is 6.07 Å². The molecule has 0 aliphatic rings. The van der Waals surface area contributed by atoms with Crippen molar-refractivity contribution >= 4 is 58.2 Å². The van der Waals surface area contributed by atoms with Crippen molar-refractivity contribution in [3.63, 3.8) is 0 Å². The molecule has 24 heavy (non-hydrogen) atoms. The number of hydrogen-bond donors (Lipinski definition) is 3. The van der Waals surface area contributed by atoms with Crippen LogP contribution in [-0.2, 0) is 4.79 Å². The summed E-state index contributed by atoms with van der Waals surface area (Å²) in [5.74, 6) is 0.0867. The van der Waals surface area contributed by atoms with Crippen LogP contribution in [0.25, 0.3) is 5.78 Å². The molecule has 3 rings (SSSR count). The molecular formula is C13H10Cl2N6O2S. The zero-order valence-corrected chi connectivity index (χ0v) is 14.2. The monoisotopic (exact) mass is 384 g/mol. The second-order valence-electron chi connectivity index (χ2n) is 4.63. The van der Waals surface area contributed by atoms with E-state index >= 15 is 0 Å². The molecule has 0 saturated carbocycles. The number of amides is 1. The number of carbonyl (C=O) groups excluding carboxylic acids is 1. The molecule has 0 unspecified atom stereocenters. The first-order valence-electron chi connectivity index (χ1n) is 6.56. The van der Waals surface area contributed by atoms with E-state index < -0.39 is 0 Å². The minimum Gasteiger partial charge on any atom is -0.385 e. The molecule has 0 bridgehead atoms. The quantitative estimate of drug-likeness (QED) is 0.592. The Morgan fingerprint density at radius 3 is 2.75 bits per heavy atom. The number of nitrogens with one attached hydrogen (secondary N) is 2. The van der Waals surface area contributed by atoms with E-state index in [1.54, 1.807) is 18.2 Å². The maximum absolute atomic E-state index is 12.1. The van der Waals surface area contributed by atoms with Gasteiger partial charge in [0.05, 0.1) is 21.5 Å². The number of carbonyl (C=O) groups is 1. The number of aromatic amines is 1. The van der Waals surface area contributed by atoms with Crippen LogP contribution in [0.3, 0.4) is 0 Å². The number of para-hydroxylation sites is 1. The Balaban J connectivity index is 1.74. The van der Waals surface area contributed by atoms with Crippen molar-refractivity contribution in [1.82, 2.24) is 19.6 Å². The van der Waals surface area contributed by atoms with Crippen LogP contribution in [0.15, 0.2) is 34.2 Å². The van der Waals surface area contributed by atoms with Crippen molar-refractivity contribution in [2.24, 2.45) is 0 Å². The summed E-state index contributed by atoms with van der Waals surface area (Å²) in [5.41, 5.74) is 5.76. The number of aromatic nitrogens is 4. The first-order chi connectivity index (χ1) is 11.5. The molecule has 124 valence electrons. The van der Waals surface area contributed by atoms with Crippen molar-refractivity contribution in [2.45, 2.75) is 5.16 Å². The largest absolute Gasteiger partial charge is 0.385 e. The molecule has 8 nitrogen and oxygen atoms in total. The van der Waals surface area contributed by atoms with E-state index in [4.69, 9.17) is 28.9 Å². The lowest BCUT2D eigenvalue weighted by atomic mass is 10.3. The third-order valence-electron chi connectivity index (χ3n) is 2.97. The number of rotatable bonds is 4. The van der Waals surface area contributed by atoms with E-state index in [2.05, 4.69) is 20.5 Å². The molecule has 1 aromatic carbocycles. The Kier molecular flexibility index (Phi) is 4.65. The fraction of sp³-hybridized carbons (Fsp3) is 0.0769. The third-order valence-corrected chi connectivity index (χ3v) is 4.52. The smallest absolute Gasteiger partial charge is 0.254 e. The molecular weight excluding hydrogens is 375 g/mol. The lowest BCUT2D eigenvalue weighted by Crippen LogP contribution is -2.15. The third kappa shape index (κ3) is 3.32. The summed E-state index contributed by atoms with van der Waals surface area (Å²) in [6, 6.07) is 6.14. The van der Waals surface area contributed by atoms with Gasteiger partial charge in [-0.3, -0.25) is 14.6 Å². The van der Waals surface area contributed by atoms with Crippen LogP contribution < -0.4 is 16.6 Å². The standard InChI is InChI=1S/C13H10Cl2N6O2S/c14-6-2-1-3-7(15)11(6)17-10(23)5-24-13-20-19-12-18-9(22)4-8(16)21(12)13/h1-4H,5,16H2,(H,17,23)(H,18,19,22). The normalized spacial score (nSPS) is 10.9. The van der Waals surface area contributed by atoms with E-state index in [0.717, 1.165) is 11.8 Å². The van der Waals surface area contributed by atoms with Gasteiger partial charge in [-0.05, 0) is 12.1 Å². The molecule has 0 atom stereocenters. The van der Waals surface area contributed by atoms with Crippen molar-refractivity contribution in [3.05, 3.63) is 44.7 Å². The van der Waals surface area contributed by atoms with E-state index in [-0.39, 0.29) is 28.8 Å². The predicted octanol–water partition coefficient (Wildman–Crippen LogP) is 2.04. The van der Waals surface area contributed by atoms with E-state index in [1.807, 2.05) is 0 Å². The zero-order valence-electron chi connectivity index (χ0n) is 11.9. The second-order valence-corrected chi connectivity index (χ2v) is 6.39. The molecule has 0 spiro atoms. The Morgan fingerprint density at radius 2 is 2.04 bits per heavy atom. The molecule has 0 radical (unpaired) electrons. The van der Waals surface area contributed by atoms with Crippen LogP contribution in [0, 0.1) is 0 Å². The number of thioether (sulfide) groups is 1. The van der Waals surface area contributed by atoms with Gasteiger partial charge in [-0.15, -0.1) is 10.2 Å².